The van der Waals surface area contributed by atoms with E-state index in [2.05, 4.69) is 104 Å². The lowest BCUT2D eigenvalue weighted by atomic mass is 9.99. The van der Waals surface area contributed by atoms with Gasteiger partial charge in [0.15, 0.2) is 0 Å². The molecule has 0 heterocycles. The van der Waals surface area contributed by atoms with Gasteiger partial charge in [-0.05, 0) is 50.9 Å². The molecule has 0 radical (unpaired) electrons. The molecule has 0 bridgehead atoms. The predicted octanol–water partition coefficient (Wildman–Crippen LogP) is 5.61. The van der Waals surface area contributed by atoms with Gasteiger partial charge in [0.2, 0.25) is 0 Å². The van der Waals surface area contributed by atoms with Crippen molar-refractivity contribution in [3.8, 4) is 0 Å². The van der Waals surface area contributed by atoms with E-state index < -0.39 is 0 Å². The summed E-state index contributed by atoms with van der Waals surface area (Å²) in [6, 6.07) is 21.5. The van der Waals surface area contributed by atoms with Crippen LogP contribution in [0.2, 0.25) is 0 Å². The highest BCUT2D eigenvalue weighted by molar-refractivity contribution is 5.31. The summed E-state index contributed by atoms with van der Waals surface area (Å²) in [6.45, 7) is 8.32. The predicted molar refractivity (Wildman–Crippen MR) is 113 cm³/mol. The molecule has 0 unspecified atom stereocenters. The molecule has 2 nitrogen and oxygen atoms in total. The molecule has 138 valence electrons. The second-order valence-electron chi connectivity index (χ2n) is 6.97. The van der Waals surface area contributed by atoms with E-state index in [1.54, 1.807) is 0 Å². The largest absolute Gasteiger partial charge is 0.390 e. The van der Waals surface area contributed by atoms with Crippen LogP contribution in [0, 0.1) is 0 Å². The zero-order chi connectivity index (χ0) is 18.6. The average Bonchev–Trinajstić information content (AvgIpc) is 2.66. The van der Waals surface area contributed by atoms with E-state index >= 15 is 0 Å². The van der Waals surface area contributed by atoms with E-state index in [1.807, 2.05) is 0 Å². The number of hydrogen-bond acceptors (Lipinski definition) is 2. The highest BCUT2D eigenvalue weighted by Crippen LogP contribution is 2.21. The first-order chi connectivity index (χ1) is 12.7. The summed E-state index contributed by atoms with van der Waals surface area (Å²) in [6.07, 6.45) is 6.68. The normalized spacial score (nSPS) is 11.5. The number of allylic oxidation sites excluding steroid dienone is 3. The molecule has 0 atom stereocenters. The molecule has 2 aromatic carbocycles. The van der Waals surface area contributed by atoms with Crippen LogP contribution >= 0.6 is 0 Å². The number of benzene rings is 2. The standard InChI is InChI=1S/C24H32N2/c1-20(2)11-10-12-21(3)19-25-17-18-26-24(22-13-6-4-7-14-22)23-15-8-5-9-16-23/h4-9,11,13-16,19,24-26H,10,12,17-18H2,1-3H3/b21-19+. The molecule has 0 aliphatic heterocycles. The van der Waals surface area contributed by atoms with Crippen molar-refractivity contribution in [2.75, 3.05) is 13.1 Å². The first kappa shape index (κ1) is 20.0. The van der Waals surface area contributed by atoms with Gasteiger partial charge in [-0.1, -0.05) is 77.9 Å². The molecule has 26 heavy (non-hydrogen) atoms. The van der Waals surface area contributed by atoms with Gasteiger partial charge >= 0.3 is 0 Å². The fourth-order valence-corrected chi connectivity index (χ4v) is 2.91. The Morgan fingerprint density at radius 1 is 0.846 bits per heavy atom. The minimum atomic E-state index is 0.224. The summed E-state index contributed by atoms with van der Waals surface area (Å²) in [7, 11) is 0. The lowest BCUT2D eigenvalue weighted by molar-refractivity contribution is 0.593. The van der Waals surface area contributed by atoms with E-state index in [9.17, 15) is 0 Å². The van der Waals surface area contributed by atoms with Crippen LogP contribution in [0.15, 0.2) is 84.1 Å². The molecule has 2 heteroatoms. The van der Waals surface area contributed by atoms with Gasteiger partial charge in [-0.15, -0.1) is 0 Å². The zero-order valence-corrected chi connectivity index (χ0v) is 16.3. The van der Waals surface area contributed by atoms with Crippen LogP contribution in [0.4, 0.5) is 0 Å². The maximum Gasteiger partial charge on any atom is 0.0577 e. The van der Waals surface area contributed by atoms with Gasteiger partial charge in [0, 0.05) is 13.1 Å². The van der Waals surface area contributed by atoms with E-state index in [0.717, 1.165) is 25.9 Å². The summed E-state index contributed by atoms with van der Waals surface area (Å²) >= 11 is 0. The van der Waals surface area contributed by atoms with Gasteiger partial charge in [0.05, 0.1) is 6.04 Å². The molecule has 2 rings (SSSR count). The molecule has 0 fully saturated rings. The first-order valence-electron chi connectivity index (χ1n) is 9.52. The Morgan fingerprint density at radius 3 is 1.96 bits per heavy atom. The van der Waals surface area contributed by atoms with Gasteiger partial charge in [-0.2, -0.15) is 0 Å². The Kier molecular flexibility index (Phi) is 8.71. The van der Waals surface area contributed by atoms with Gasteiger partial charge in [-0.3, -0.25) is 0 Å². The fraction of sp³-hybridized carbons (Fsp3) is 0.333. The SMILES string of the molecule is CC(C)=CCC/C(C)=C/NCCNC(c1ccccc1)c1ccccc1. The van der Waals surface area contributed by atoms with Crippen LogP contribution in [-0.2, 0) is 0 Å². The van der Waals surface area contributed by atoms with Gasteiger partial charge in [-0.25, -0.2) is 0 Å². The summed E-state index contributed by atoms with van der Waals surface area (Å²) in [5.41, 5.74) is 5.38. The highest BCUT2D eigenvalue weighted by Gasteiger charge is 2.12. The number of nitrogens with one attached hydrogen (secondary N) is 2. The zero-order valence-electron chi connectivity index (χ0n) is 16.3. The van der Waals surface area contributed by atoms with Gasteiger partial charge < -0.3 is 10.6 Å². The fourth-order valence-electron chi connectivity index (χ4n) is 2.91. The third kappa shape index (κ3) is 7.28. The number of hydrogen-bond donors (Lipinski definition) is 2. The second kappa shape index (κ2) is 11.3. The Morgan fingerprint density at radius 2 is 1.42 bits per heavy atom. The van der Waals surface area contributed by atoms with Crippen molar-refractivity contribution in [2.24, 2.45) is 0 Å². The van der Waals surface area contributed by atoms with Crippen molar-refractivity contribution in [2.45, 2.75) is 39.7 Å². The molecular formula is C24H32N2. The molecular weight excluding hydrogens is 316 g/mol. The van der Waals surface area contributed by atoms with Crippen LogP contribution in [0.5, 0.6) is 0 Å². The molecule has 0 aromatic heterocycles. The topological polar surface area (TPSA) is 24.1 Å². The smallest absolute Gasteiger partial charge is 0.0577 e. The van der Waals surface area contributed by atoms with E-state index in [1.165, 1.54) is 22.3 Å². The molecule has 0 amide bonds. The third-order valence-electron chi connectivity index (χ3n) is 4.32. The molecule has 0 aliphatic rings. The molecule has 0 saturated heterocycles. The maximum absolute atomic E-state index is 3.68. The second-order valence-corrected chi connectivity index (χ2v) is 6.97. The minimum Gasteiger partial charge on any atom is -0.390 e. The molecule has 0 aliphatic carbocycles. The van der Waals surface area contributed by atoms with E-state index in [4.69, 9.17) is 0 Å². The van der Waals surface area contributed by atoms with Gasteiger partial charge in [0.1, 0.15) is 0 Å². The Labute approximate surface area is 159 Å². The maximum atomic E-state index is 3.68. The minimum absolute atomic E-state index is 0.224. The van der Waals surface area contributed by atoms with Crippen molar-refractivity contribution in [1.29, 1.82) is 0 Å². The van der Waals surface area contributed by atoms with Crippen molar-refractivity contribution < 1.29 is 0 Å². The van der Waals surface area contributed by atoms with Crippen LogP contribution in [-0.4, -0.2) is 13.1 Å². The van der Waals surface area contributed by atoms with Crippen LogP contribution in [0.25, 0.3) is 0 Å². The van der Waals surface area contributed by atoms with Gasteiger partial charge in [0.25, 0.3) is 0 Å². The lowest BCUT2D eigenvalue weighted by Crippen LogP contribution is -2.29. The third-order valence-corrected chi connectivity index (χ3v) is 4.32. The van der Waals surface area contributed by atoms with Crippen LogP contribution < -0.4 is 10.6 Å². The molecule has 2 aromatic rings. The monoisotopic (exact) mass is 348 g/mol. The number of rotatable bonds is 10. The van der Waals surface area contributed by atoms with Crippen molar-refractivity contribution in [1.82, 2.24) is 10.6 Å². The van der Waals surface area contributed by atoms with Crippen molar-refractivity contribution in [3.63, 3.8) is 0 Å². The first-order valence-corrected chi connectivity index (χ1v) is 9.52. The molecule has 0 saturated carbocycles. The Hall–Kier alpha value is -2.32. The quantitative estimate of drug-likeness (QED) is 0.431. The summed E-state index contributed by atoms with van der Waals surface area (Å²) in [4.78, 5) is 0. The summed E-state index contributed by atoms with van der Waals surface area (Å²) < 4.78 is 0. The Bertz CT molecular complexity index is 643. The summed E-state index contributed by atoms with van der Waals surface area (Å²) in [5, 5.41) is 7.12. The van der Waals surface area contributed by atoms with E-state index in [-0.39, 0.29) is 6.04 Å². The highest BCUT2D eigenvalue weighted by atomic mass is 15.0. The van der Waals surface area contributed by atoms with Crippen molar-refractivity contribution in [3.05, 3.63) is 95.2 Å². The Balaban J connectivity index is 1.84. The van der Waals surface area contributed by atoms with E-state index in [0.29, 0.717) is 0 Å². The summed E-state index contributed by atoms with van der Waals surface area (Å²) in [5.74, 6) is 0. The molecule has 0 spiro atoms. The lowest BCUT2D eigenvalue weighted by Gasteiger charge is -2.20. The van der Waals surface area contributed by atoms with Crippen LogP contribution in [0.1, 0.15) is 50.8 Å². The van der Waals surface area contributed by atoms with Crippen molar-refractivity contribution >= 4 is 0 Å². The average molecular weight is 349 g/mol. The molecule has 2 N–H and O–H groups in total. The van der Waals surface area contributed by atoms with Crippen LogP contribution in [0.3, 0.4) is 0 Å².